The van der Waals surface area contributed by atoms with E-state index < -0.39 is 5.97 Å². The lowest BCUT2D eigenvalue weighted by Gasteiger charge is -2.16. The van der Waals surface area contributed by atoms with E-state index in [2.05, 4.69) is 24.4 Å². The van der Waals surface area contributed by atoms with Gasteiger partial charge in [0.1, 0.15) is 6.54 Å². The summed E-state index contributed by atoms with van der Waals surface area (Å²) < 4.78 is 0. The Morgan fingerprint density at radius 2 is 1.75 bits per heavy atom. The molecule has 0 heterocycles. The Labute approximate surface area is 125 Å². The van der Waals surface area contributed by atoms with Crippen molar-refractivity contribution in [3.8, 4) is 0 Å². The molecule has 0 saturated carbocycles. The third-order valence-electron chi connectivity index (χ3n) is 2.73. The lowest BCUT2D eigenvalue weighted by Crippen LogP contribution is -2.37. The van der Waals surface area contributed by atoms with Crippen LogP contribution in [0, 0.1) is 0 Å². The molecule has 1 rings (SSSR count). The summed E-state index contributed by atoms with van der Waals surface area (Å²) in [5.74, 6) is -1.32. The van der Waals surface area contributed by atoms with E-state index in [1.54, 1.807) is 0 Å². The lowest BCUT2D eigenvalue weighted by molar-refractivity contribution is -0.138. The number of hydrogen-bond acceptors (Lipinski definition) is 3. The molecule has 112 valence electrons. The Morgan fingerprint density at radius 3 is 2.25 bits per heavy atom. The number of nitrogens with zero attached hydrogens (tertiary/aromatic N) is 1. The first-order valence-corrected chi connectivity index (χ1v) is 6.26. The third kappa shape index (κ3) is 7.11. The second-order valence-corrected chi connectivity index (χ2v) is 4.51. The molecule has 0 radical (unpaired) electrons. The van der Waals surface area contributed by atoms with Gasteiger partial charge < -0.3 is 10.4 Å². The fourth-order valence-corrected chi connectivity index (χ4v) is 1.72. The van der Waals surface area contributed by atoms with Gasteiger partial charge in [-0.3, -0.25) is 14.5 Å². The summed E-state index contributed by atoms with van der Waals surface area (Å²) in [6, 6.07) is 8.25. The molecule has 0 saturated heterocycles. The number of rotatable bonds is 7. The van der Waals surface area contributed by atoms with E-state index in [-0.39, 0.29) is 31.4 Å². The van der Waals surface area contributed by atoms with Gasteiger partial charge in [0.25, 0.3) is 0 Å². The second-order valence-electron chi connectivity index (χ2n) is 4.51. The molecule has 6 heteroatoms. The van der Waals surface area contributed by atoms with E-state index in [9.17, 15) is 9.59 Å². The Kier molecular flexibility index (Phi) is 8.59. The summed E-state index contributed by atoms with van der Waals surface area (Å²) in [4.78, 5) is 23.6. The van der Waals surface area contributed by atoms with Crippen LogP contribution >= 0.6 is 12.4 Å². The molecule has 5 nitrogen and oxygen atoms in total. The molecule has 0 spiro atoms. The van der Waals surface area contributed by atoms with E-state index >= 15 is 0 Å². The molecular formula is C14H21ClN2O3. The highest BCUT2D eigenvalue weighted by molar-refractivity contribution is 5.85. The molecule has 0 atom stereocenters. The number of carbonyl (C=O) groups is 2. The maximum absolute atomic E-state index is 11.4. The Hall–Kier alpha value is -1.59. The average molecular weight is 301 g/mol. The molecule has 0 aliphatic rings. The molecule has 0 aliphatic carbocycles. The first-order chi connectivity index (χ1) is 9.01. The second kappa shape index (κ2) is 9.34. The number of carboxylic acids is 1. The predicted molar refractivity (Wildman–Crippen MR) is 80.0 cm³/mol. The number of benzene rings is 1. The van der Waals surface area contributed by atoms with Gasteiger partial charge in [0, 0.05) is 6.54 Å². The molecular weight excluding hydrogens is 280 g/mol. The van der Waals surface area contributed by atoms with Gasteiger partial charge >= 0.3 is 5.97 Å². The number of amides is 1. The van der Waals surface area contributed by atoms with Crippen LogP contribution in [0.25, 0.3) is 0 Å². The highest BCUT2D eigenvalue weighted by Crippen LogP contribution is 2.07. The first kappa shape index (κ1) is 18.4. The predicted octanol–water partition coefficient (Wildman–Crippen LogP) is 1.30. The maximum atomic E-state index is 11.4. The number of aryl methyl sites for hydroxylation is 1. The topological polar surface area (TPSA) is 69.6 Å². The molecule has 20 heavy (non-hydrogen) atoms. The SMILES string of the molecule is CCc1ccc(CN(C)CC(=O)NCC(=O)O)cc1.Cl. The first-order valence-electron chi connectivity index (χ1n) is 6.26. The number of likely N-dealkylation sites (N-methyl/N-ethyl adjacent to an activating group) is 1. The minimum absolute atomic E-state index is 0. The summed E-state index contributed by atoms with van der Waals surface area (Å²) in [7, 11) is 1.83. The molecule has 0 fully saturated rings. The number of halogens is 1. The van der Waals surface area contributed by atoms with E-state index in [1.165, 1.54) is 5.56 Å². The smallest absolute Gasteiger partial charge is 0.322 e. The largest absolute Gasteiger partial charge is 0.480 e. The zero-order valence-electron chi connectivity index (χ0n) is 11.8. The zero-order valence-corrected chi connectivity index (χ0v) is 12.6. The number of nitrogens with one attached hydrogen (secondary N) is 1. The van der Waals surface area contributed by atoms with Crippen LogP contribution in [0.3, 0.4) is 0 Å². The van der Waals surface area contributed by atoms with Crippen molar-refractivity contribution in [3.05, 3.63) is 35.4 Å². The van der Waals surface area contributed by atoms with Crippen molar-refractivity contribution in [3.63, 3.8) is 0 Å². The highest BCUT2D eigenvalue weighted by Gasteiger charge is 2.08. The van der Waals surface area contributed by atoms with Crippen LogP contribution in [0.2, 0.25) is 0 Å². The fourth-order valence-electron chi connectivity index (χ4n) is 1.72. The summed E-state index contributed by atoms with van der Waals surface area (Å²) >= 11 is 0. The van der Waals surface area contributed by atoms with Crippen molar-refractivity contribution in [2.45, 2.75) is 19.9 Å². The number of carboxylic acid groups (broad SMARTS) is 1. The van der Waals surface area contributed by atoms with Crippen LogP contribution < -0.4 is 5.32 Å². The van der Waals surface area contributed by atoms with Crippen LogP contribution in [0.4, 0.5) is 0 Å². The zero-order chi connectivity index (χ0) is 14.3. The average Bonchev–Trinajstić information content (AvgIpc) is 2.37. The van der Waals surface area contributed by atoms with Crippen molar-refractivity contribution < 1.29 is 14.7 Å². The molecule has 1 amide bonds. The summed E-state index contributed by atoms with van der Waals surface area (Å²) in [6.07, 6.45) is 1.01. The number of hydrogen-bond donors (Lipinski definition) is 2. The lowest BCUT2D eigenvalue weighted by atomic mass is 10.1. The van der Waals surface area contributed by atoms with Crippen LogP contribution in [0.5, 0.6) is 0 Å². The van der Waals surface area contributed by atoms with Crippen LogP contribution in [0.15, 0.2) is 24.3 Å². The van der Waals surface area contributed by atoms with Crippen LogP contribution in [-0.2, 0) is 22.6 Å². The maximum Gasteiger partial charge on any atom is 0.322 e. The molecule has 1 aromatic rings. The van der Waals surface area contributed by atoms with Crippen LogP contribution in [0.1, 0.15) is 18.1 Å². The number of carbonyl (C=O) groups excluding carboxylic acids is 1. The minimum Gasteiger partial charge on any atom is -0.480 e. The van der Waals surface area contributed by atoms with Gasteiger partial charge in [0.2, 0.25) is 5.91 Å². The van der Waals surface area contributed by atoms with Crippen molar-refractivity contribution >= 4 is 24.3 Å². The van der Waals surface area contributed by atoms with E-state index in [4.69, 9.17) is 5.11 Å². The summed E-state index contributed by atoms with van der Waals surface area (Å²) in [6.45, 7) is 2.61. The summed E-state index contributed by atoms with van der Waals surface area (Å²) in [5, 5.41) is 10.8. The van der Waals surface area contributed by atoms with Gasteiger partial charge in [-0.05, 0) is 24.6 Å². The molecule has 0 aliphatic heterocycles. The molecule has 0 unspecified atom stereocenters. The molecule has 0 aromatic heterocycles. The van der Waals surface area contributed by atoms with Gasteiger partial charge in [-0.1, -0.05) is 31.2 Å². The standard InChI is InChI=1S/C14H20N2O3.ClH/c1-3-11-4-6-12(7-5-11)9-16(2)10-13(17)15-8-14(18)19;/h4-7H,3,8-10H2,1-2H3,(H,15,17)(H,18,19);1H. The van der Waals surface area contributed by atoms with Gasteiger partial charge in [0.15, 0.2) is 0 Å². The van der Waals surface area contributed by atoms with Crippen molar-refractivity contribution in [2.24, 2.45) is 0 Å². The van der Waals surface area contributed by atoms with E-state index in [0.717, 1.165) is 12.0 Å². The fraction of sp³-hybridized carbons (Fsp3) is 0.429. The Bertz CT molecular complexity index is 435. The Morgan fingerprint density at radius 1 is 1.20 bits per heavy atom. The number of aliphatic carboxylic acids is 1. The van der Waals surface area contributed by atoms with Gasteiger partial charge in [-0.2, -0.15) is 0 Å². The van der Waals surface area contributed by atoms with E-state index in [0.29, 0.717) is 6.54 Å². The van der Waals surface area contributed by atoms with Gasteiger partial charge in [-0.25, -0.2) is 0 Å². The van der Waals surface area contributed by atoms with E-state index in [1.807, 2.05) is 24.1 Å². The minimum atomic E-state index is -1.04. The molecule has 2 N–H and O–H groups in total. The van der Waals surface area contributed by atoms with Crippen LogP contribution in [-0.4, -0.2) is 42.0 Å². The Balaban J connectivity index is 0.00000361. The van der Waals surface area contributed by atoms with Crippen molar-refractivity contribution in [1.29, 1.82) is 0 Å². The summed E-state index contributed by atoms with van der Waals surface area (Å²) in [5.41, 5.74) is 2.41. The monoisotopic (exact) mass is 300 g/mol. The normalized spacial score (nSPS) is 9.95. The van der Waals surface area contributed by atoms with Crippen molar-refractivity contribution in [2.75, 3.05) is 20.1 Å². The third-order valence-corrected chi connectivity index (χ3v) is 2.73. The quantitative estimate of drug-likeness (QED) is 0.796. The highest BCUT2D eigenvalue weighted by atomic mass is 35.5. The van der Waals surface area contributed by atoms with Gasteiger partial charge in [-0.15, -0.1) is 12.4 Å². The molecule has 0 bridgehead atoms. The van der Waals surface area contributed by atoms with Gasteiger partial charge in [0.05, 0.1) is 6.54 Å². The molecule has 1 aromatic carbocycles. The van der Waals surface area contributed by atoms with Crippen molar-refractivity contribution in [1.82, 2.24) is 10.2 Å².